The van der Waals surface area contributed by atoms with Crippen LogP contribution in [0.5, 0.6) is 0 Å². The fourth-order valence-electron chi connectivity index (χ4n) is 5.90. The zero-order chi connectivity index (χ0) is 18.1. The lowest BCUT2D eigenvalue weighted by atomic mass is 9.60. The maximum atomic E-state index is 5.60. The molecule has 0 bridgehead atoms. The van der Waals surface area contributed by atoms with Gasteiger partial charge in [-0.25, -0.2) is 9.78 Å². The van der Waals surface area contributed by atoms with Crippen molar-refractivity contribution in [3.8, 4) is 0 Å². The van der Waals surface area contributed by atoms with E-state index in [1.165, 1.54) is 47.2 Å². The first-order valence-corrected chi connectivity index (χ1v) is 9.82. The Hall–Kier alpha value is -1.62. The van der Waals surface area contributed by atoms with E-state index in [0.717, 1.165) is 13.0 Å². The largest absolute Gasteiger partial charge is 0.313 e. The zero-order valence-electron chi connectivity index (χ0n) is 16.2. The minimum atomic E-state index is -0.112. The van der Waals surface area contributed by atoms with Crippen LogP contribution in [-0.4, -0.2) is 35.8 Å². The summed E-state index contributed by atoms with van der Waals surface area (Å²) in [7, 11) is 1.59. The first kappa shape index (κ1) is 16.5. The molecule has 4 nitrogen and oxygen atoms in total. The third-order valence-electron chi connectivity index (χ3n) is 7.32. The van der Waals surface area contributed by atoms with Gasteiger partial charge in [-0.05, 0) is 51.3 Å². The first-order chi connectivity index (χ1) is 12.5. The van der Waals surface area contributed by atoms with Crippen molar-refractivity contribution in [2.75, 3.05) is 20.2 Å². The van der Waals surface area contributed by atoms with E-state index in [4.69, 9.17) is 9.78 Å². The normalized spacial score (nSPS) is 31.6. The molecule has 0 aliphatic carbocycles. The number of piperidine rings is 1. The standard InChI is InChI=1S/C22H28N2O2/c1-15(26-25-4)19-14-21(2)11-7-12-23-13-10-17-16-8-5-6-9-18(16)24(19)20(17)22(21,23)3/h5-6,8-9,14-15H,7,10-13H2,1-4H3/t15?,21-,22+/m0/s1. The summed E-state index contributed by atoms with van der Waals surface area (Å²) in [6.45, 7) is 9.34. The molecule has 4 heterocycles. The lowest BCUT2D eigenvalue weighted by Gasteiger charge is -2.60. The molecule has 26 heavy (non-hydrogen) atoms. The summed E-state index contributed by atoms with van der Waals surface area (Å²) in [6.07, 6.45) is 5.96. The Morgan fingerprint density at radius 2 is 1.96 bits per heavy atom. The molecular formula is C22H28N2O2. The molecule has 2 aromatic rings. The number of benzene rings is 1. The molecule has 5 rings (SSSR count). The second-order valence-electron chi connectivity index (χ2n) is 8.48. The van der Waals surface area contributed by atoms with Gasteiger partial charge >= 0.3 is 0 Å². The van der Waals surface area contributed by atoms with Crippen molar-refractivity contribution in [3.63, 3.8) is 0 Å². The minimum Gasteiger partial charge on any atom is -0.313 e. The number of para-hydroxylation sites is 1. The Morgan fingerprint density at radius 1 is 1.15 bits per heavy atom. The van der Waals surface area contributed by atoms with Gasteiger partial charge in [-0.3, -0.25) is 4.90 Å². The van der Waals surface area contributed by atoms with Crippen LogP contribution < -0.4 is 0 Å². The molecule has 1 unspecified atom stereocenters. The molecule has 0 spiro atoms. The fourth-order valence-corrected chi connectivity index (χ4v) is 5.90. The molecule has 1 aromatic carbocycles. The summed E-state index contributed by atoms with van der Waals surface area (Å²) in [5, 5.41) is 1.40. The fraction of sp³-hybridized carbons (Fsp3) is 0.545. The van der Waals surface area contributed by atoms with Crippen molar-refractivity contribution in [1.29, 1.82) is 0 Å². The Balaban J connectivity index is 1.88. The summed E-state index contributed by atoms with van der Waals surface area (Å²) in [5.74, 6) is 0. The Morgan fingerprint density at radius 3 is 2.77 bits per heavy atom. The smallest absolute Gasteiger partial charge is 0.130 e. The highest BCUT2D eigenvalue weighted by Crippen LogP contribution is 2.59. The zero-order valence-corrected chi connectivity index (χ0v) is 16.2. The topological polar surface area (TPSA) is 26.6 Å². The molecule has 3 aliphatic rings. The van der Waals surface area contributed by atoms with Crippen molar-refractivity contribution in [2.45, 2.75) is 51.7 Å². The molecule has 0 N–H and O–H groups in total. The van der Waals surface area contributed by atoms with Crippen LogP contribution in [0, 0.1) is 5.41 Å². The van der Waals surface area contributed by atoms with E-state index in [-0.39, 0.29) is 17.1 Å². The summed E-state index contributed by atoms with van der Waals surface area (Å²) in [6, 6.07) is 8.85. The molecule has 138 valence electrons. The van der Waals surface area contributed by atoms with E-state index in [1.807, 2.05) is 0 Å². The second kappa shape index (κ2) is 5.44. The molecule has 4 heteroatoms. The van der Waals surface area contributed by atoms with E-state index in [9.17, 15) is 0 Å². The maximum Gasteiger partial charge on any atom is 0.130 e. The highest BCUT2D eigenvalue weighted by Gasteiger charge is 2.57. The predicted octanol–water partition coefficient (Wildman–Crippen LogP) is 4.34. The van der Waals surface area contributed by atoms with Gasteiger partial charge in [0.15, 0.2) is 0 Å². The average molecular weight is 352 g/mol. The van der Waals surface area contributed by atoms with E-state index < -0.39 is 0 Å². The molecule has 3 aliphatic heterocycles. The monoisotopic (exact) mass is 352 g/mol. The van der Waals surface area contributed by atoms with Gasteiger partial charge in [0.05, 0.1) is 23.9 Å². The predicted molar refractivity (Wildman–Crippen MR) is 104 cm³/mol. The van der Waals surface area contributed by atoms with Crippen LogP contribution in [0.15, 0.2) is 30.3 Å². The van der Waals surface area contributed by atoms with Crippen molar-refractivity contribution >= 4 is 16.6 Å². The van der Waals surface area contributed by atoms with Gasteiger partial charge < -0.3 is 4.57 Å². The third-order valence-corrected chi connectivity index (χ3v) is 7.32. The van der Waals surface area contributed by atoms with Crippen LogP contribution in [0.25, 0.3) is 16.6 Å². The molecule has 0 amide bonds. The Kier molecular flexibility index (Phi) is 3.46. The number of nitrogens with zero attached hydrogens (tertiary/aromatic N) is 2. The third kappa shape index (κ3) is 1.85. The lowest BCUT2D eigenvalue weighted by molar-refractivity contribution is -0.288. The molecule has 0 radical (unpaired) electrons. The van der Waals surface area contributed by atoms with Gasteiger partial charge in [0.1, 0.15) is 6.10 Å². The number of hydrogen-bond donors (Lipinski definition) is 0. The summed E-state index contributed by atoms with van der Waals surface area (Å²) >= 11 is 0. The van der Waals surface area contributed by atoms with Gasteiger partial charge in [0, 0.05) is 23.0 Å². The van der Waals surface area contributed by atoms with Gasteiger partial charge in [0.2, 0.25) is 0 Å². The van der Waals surface area contributed by atoms with Gasteiger partial charge in [-0.2, -0.15) is 0 Å². The lowest BCUT2D eigenvalue weighted by Crippen LogP contribution is -2.62. The molecule has 3 atom stereocenters. The summed E-state index contributed by atoms with van der Waals surface area (Å²) in [5.41, 5.74) is 5.66. The van der Waals surface area contributed by atoms with Gasteiger partial charge in [0.25, 0.3) is 0 Å². The Labute approximate surface area is 155 Å². The van der Waals surface area contributed by atoms with E-state index in [0.29, 0.717) is 0 Å². The van der Waals surface area contributed by atoms with Crippen LogP contribution >= 0.6 is 0 Å². The van der Waals surface area contributed by atoms with Gasteiger partial charge in [-0.1, -0.05) is 31.2 Å². The summed E-state index contributed by atoms with van der Waals surface area (Å²) in [4.78, 5) is 13.4. The van der Waals surface area contributed by atoms with Crippen molar-refractivity contribution < 1.29 is 9.78 Å². The second-order valence-corrected chi connectivity index (χ2v) is 8.48. The number of fused-ring (bicyclic) bond motifs is 3. The van der Waals surface area contributed by atoms with Crippen molar-refractivity contribution in [1.82, 2.24) is 9.47 Å². The number of hydrogen-bond acceptors (Lipinski definition) is 3. The molecule has 1 aromatic heterocycles. The number of aromatic nitrogens is 1. The highest BCUT2D eigenvalue weighted by molar-refractivity contribution is 5.90. The van der Waals surface area contributed by atoms with Crippen molar-refractivity contribution in [2.24, 2.45) is 5.41 Å². The SMILES string of the molecule is COOC(C)C1=C[C@]2(C)CCCN3CCc4c(n1c1ccccc41)[C@@]32C. The molecule has 1 fully saturated rings. The molecule has 1 saturated heterocycles. The van der Waals surface area contributed by atoms with Crippen LogP contribution in [0.4, 0.5) is 0 Å². The van der Waals surface area contributed by atoms with E-state index in [1.54, 1.807) is 7.11 Å². The van der Waals surface area contributed by atoms with Gasteiger partial charge in [-0.15, -0.1) is 0 Å². The maximum absolute atomic E-state index is 5.60. The highest BCUT2D eigenvalue weighted by atomic mass is 17.2. The summed E-state index contributed by atoms with van der Waals surface area (Å²) < 4.78 is 2.48. The Bertz CT molecular complexity index is 914. The van der Waals surface area contributed by atoms with Crippen LogP contribution in [-0.2, 0) is 21.7 Å². The number of rotatable bonds is 3. The van der Waals surface area contributed by atoms with E-state index >= 15 is 0 Å². The van der Waals surface area contributed by atoms with Crippen LogP contribution in [0.3, 0.4) is 0 Å². The first-order valence-electron chi connectivity index (χ1n) is 9.82. The van der Waals surface area contributed by atoms with Crippen LogP contribution in [0.2, 0.25) is 0 Å². The molecule has 0 saturated carbocycles. The van der Waals surface area contributed by atoms with E-state index in [2.05, 4.69) is 60.6 Å². The van der Waals surface area contributed by atoms with Crippen LogP contribution in [0.1, 0.15) is 44.9 Å². The average Bonchev–Trinajstić information content (AvgIpc) is 2.97. The minimum absolute atomic E-state index is 0.0359. The molecular weight excluding hydrogens is 324 g/mol. The van der Waals surface area contributed by atoms with Crippen molar-refractivity contribution in [3.05, 3.63) is 41.6 Å². The quantitative estimate of drug-likeness (QED) is 0.607.